The van der Waals surface area contributed by atoms with Crippen LogP contribution < -0.4 is 14.5 Å². The van der Waals surface area contributed by atoms with Crippen molar-refractivity contribution in [3.8, 4) is 11.9 Å². The summed E-state index contributed by atoms with van der Waals surface area (Å²) in [6, 6.07) is 7.69. The third-order valence-electron chi connectivity index (χ3n) is 6.99. The molecule has 2 amide bonds. The first-order valence-electron chi connectivity index (χ1n) is 12.4. The molecule has 1 aromatic carbocycles. The van der Waals surface area contributed by atoms with E-state index in [-0.39, 0.29) is 23.3 Å². The Hall–Kier alpha value is -3.92. The number of anilines is 2. The first kappa shape index (κ1) is 29.1. The summed E-state index contributed by atoms with van der Waals surface area (Å²) >= 11 is 5.54. The molecule has 2 fully saturated rings. The number of benzene rings is 1. The molecule has 1 N–H and O–H groups in total. The summed E-state index contributed by atoms with van der Waals surface area (Å²) in [7, 11) is 0. The Balaban J connectivity index is 1.57. The molecule has 1 saturated carbocycles. The van der Waals surface area contributed by atoms with Crippen molar-refractivity contribution in [2.75, 3.05) is 16.4 Å². The van der Waals surface area contributed by atoms with Gasteiger partial charge in [-0.1, -0.05) is 0 Å². The highest BCUT2D eigenvalue weighted by atomic mass is 32.1. The molecule has 1 aliphatic heterocycles. The number of nitrogens with zero attached hydrogens (tertiary/aromatic N) is 5. The van der Waals surface area contributed by atoms with Crippen LogP contribution in [0.2, 0.25) is 0 Å². The molecule has 1 aliphatic carbocycles. The molecule has 2 aromatic rings. The molecule has 2 aliphatic rings. The predicted molar refractivity (Wildman–Crippen MR) is 144 cm³/mol. The van der Waals surface area contributed by atoms with Crippen molar-refractivity contribution in [3.63, 3.8) is 0 Å². The zero-order valence-electron chi connectivity index (χ0n) is 22.5. The lowest BCUT2D eigenvalue weighted by Gasteiger charge is -2.39. The second-order valence-electron chi connectivity index (χ2n) is 11.3. The Kier molecular flexibility index (Phi) is 6.99. The second kappa shape index (κ2) is 9.62. The Labute approximate surface area is 234 Å². The van der Waals surface area contributed by atoms with Crippen molar-refractivity contribution in [2.24, 2.45) is 0 Å². The van der Waals surface area contributed by atoms with Crippen LogP contribution in [0.5, 0.6) is 5.88 Å². The number of hydrogen-bond donors (Lipinski definition) is 1. The summed E-state index contributed by atoms with van der Waals surface area (Å²) in [5.74, 6) is -0.315. The molecule has 2 heterocycles. The van der Waals surface area contributed by atoms with Gasteiger partial charge in [-0.25, -0.2) is 9.78 Å². The molecular weight excluding hydrogens is 547 g/mol. The van der Waals surface area contributed by atoms with Crippen LogP contribution in [0.1, 0.15) is 58.6 Å². The van der Waals surface area contributed by atoms with Crippen LogP contribution in [-0.4, -0.2) is 55.3 Å². The van der Waals surface area contributed by atoms with E-state index in [1.54, 1.807) is 26.0 Å². The minimum absolute atomic E-state index is 0.0532. The van der Waals surface area contributed by atoms with Crippen LogP contribution >= 0.6 is 12.2 Å². The SMILES string of the molecule is CC(C)(C)N(C(=O)O)C1(COc2ccc(N3C(=S)N(c4ccc(C#N)c(C(F)(F)F)c4)C(=O)C3(C)C)cn2)CC1. The van der Waals surface area contributed by atoms with Gasteiger partial charge in [0, 0.05) is 11.6 Å². The largest absolute Gasteiger partial charge is 0.475 e. The van der Waals surface area contributed by atoms with Crippen molar-refractivity contribution in [1.29, 1.82) is 5.26 Å². The molecule has 13 heteroatoms. The second-order valence-corrected chi connectivity index (χ2v) is 11.7. The van der Waals surface area contributed by atoms with Gasteiger partial charge < -0.3 is 14.7 Å². The maximum Gasteiger partial charge on any atom is 0.417 e. The van der Waals surface area contributed by atoms with Crippen molar-refractivity contribution < 1.29 is 32.6 Å². The van der Waals surface area contributed by atoms with Crippen LogP contribution in [0.15, 0.2) is 36.5 Å². The number of alkyl halides is 3. The smallest absolute Gasteiger partial charge is 0.417 e. The molecule has 9 nitrogen and oxygen atoms in total. The van der Waals surface area contributed by atoms with Crippen LogP contribution in [0, 0.1) is 11.3 Å². The minimum atomic E-state index is -4.80. The zero-order chi connectivity index (χ0) is 29.8. The summed E-state index contributed by atoms with van der Waals surface area (Å²) in [5.41, 5.74) is -3.96. The van der Waals surface area contributed by atoms with E-state index in [4.69, 9.17) is 22.2 Å². The Morgan fingerprint density at radius 3 is 2.30 bits per heavy atom. The maximum absolute atomic E-state index is 13.6. The Morgan fingerprint density at radius 1 is 1.20 bits per heavy atom. The summed E-state index contributed by atoms with van der Waals surface area (Å²) < 4.78 is 46.5. The van der Waals surface area contributed by atoms with Gasteiger partial charge in [-0.2, -0.15) is 18.4 Å². The lowest BCUT2D eigenvalue weighted by molar-refractivity contribution is -0.137. The van der Waals surface area contributed by atoms with Crippen molar-refractivity contribution in [2.45, 2.75) is 70.3 Å². The van der Waals surface area contributed by atoms with E-state index in [1.165, 1.54) is 28.1 Å². The molecule has 4 rings (SSSR count). The number of amides is 2. The average molecular weight is 576 g/mol. The summed E-state index contributed by atoms with van der Waals surface area (Å²) in [4.78, 5) is 33.5. The third-order valence-corrected chi connectivity index (χ3v) is 7.35. The number of thiocarbonyl (C=S) groups is 1. The number of carbonyl (C=O) groups is 2. The van der Waals surface area contributed by atoms with Gasteiger partial charge in [0.05, 0.1) is 40.3 Å². The monoisotopic (exact) mass is 575 g/mol. The lowest BCUT2D eigenvalue weighted by atomic mass is 10.0. The number of nitriles is 1. The number of halogens is 3. The highest BCUT2D eigenvalue weighted by Crippen LogP contribution is 2.46. The van der Waals surface area contributed by atoms with E-state index in [9.17, 15) is 27.9 Å². The summed E-state index contributed by atoms with van der Waals surface area (Å²) in [6.45, 7) is 8.75. The molecule has 0 atom stereocenters. The zero-order valence-corrected chi connectivity index (χ0v) is 23.4. The highest BCUT2D eigenvalue weighted by molar-refractivity contribution is 7.81. The Bertz CT molecular complexity index is 1410. The van der Waals surface area contributed by atoms with E-state index in [0.717, 1.165) is 17.0 Å². The number of carboxylic acid groups (broad SMARTS) is 1. The number of ether oxygens (including phenoxy) is 1. The van der Waals surface area contributed by atoms with Crippen molar-refractivity contribution in [3.05, 3.63) is 47.7 Å². The van der Waals surface area contributed by atoms with Gasteiger partial charge in [0.2, 0.25) is 5.88 Å². The fourth-order valence-electron chi connectivity index (χ4n) is 5.04. The number of carbonyl (C=O) groups excluding carboxylic acids is 1. The minimum Gasteiger partial charge on any atom is -0.475 e. The third kappa shape index (κ3) is 5.03. The Morgan fingerprint density at radius 2 is 1.82 bits per heavy atom. The molecular formula is C27H28F3N5O4S. The molecule has 0 radical (unpaired) electrons. The fraction of sp³-hybridized carbons (Fsp3) is 0.444. The summed E-state index contributed by atoms with van der Waals surface area (Å²) in [5, 5.41) is 18.8. The van der Waals surface area contributed by atoms with Gasteiger partial charge in [-0.15, -0.1) is 0 Å². The highest BCUT2D eigenvalue weighted by Gasteiger charge is 2.55. The van der Waals surface area contributed by atoms with Gasteiger partial charge in [-0.3, -0.25) is 14.6 Å². The van der Waals surface area contributed by atoms with Crippen LogP contribution in [0.4, 0.5) is 29.3 Å². The van der Waals surface area contributed by atoms with E-state index in [0.29, 0.717) is 18.5 Å². The standard InChI is InChI=1S/C27H28F3N5O4S/c1-24(2,3)35(23(37)38)26(10-11-26)15-39-20-9-8-18(14-32-20)34-22(40)33(21(36)25(34,4)5)17-7-6-16(13-31)19(12-17)27(28,29)30/h6-9,12,14H,10-11,15H2,1-5H3,(H,37,38). The predicted octanol–water partition coefficient (Wildman–Crippen LogP) is 5.58. The average Bonchev–Trinajstić information content (AvgIpc) is 3.58. The fourth-order valence-corrected chi connectivity index (χ4v) is 5.56. The maximum atomic E-state index is 13.6. The number of aromatic nitrogens is 1. The van der Waals surface area contributed by atoms with E-state index >= 15 is 0 Å². The van der Waals surface area contributed by atoms with Gasteiger partial charge in [0.25, 0.3) is 5.91 Å². The molecule has 0 unspecified atom stereocenters. The van der Waals surface area contributed by atoms with E-state index in [2.05, 4.69) is 4.98 Å². The molecule has 1 saturated heterocycles. The van der Waals surface area contributed by atoms with Crippen LogP contribution in [0.3, 0.4) is 0 Å². The van der Waals surface area contributed by atoms with Crippen LogP contribution in [-0.2, 0) is 11.0 Å². The first-order chi connectivity index (χ1) is 18.4. The normalized spacial score (nSPS) is 18.0. The first-order valence-corrected chi connectivity index (χ1v) is 12.8. The molecule has 0 spiro atoms. The van der Waals surface area contributed by atoms with Gasteiger partial charge in [0.1, 0.15) is 12.1 Å². The molecule has 1 aromatic heterocycles. The molecule has 40 heavy (non-hydrogen) atoms. The number of rotatable bonds is 6. The quantitative estimate of drug-likeness (QED) is 0.445. The number of hydrogen-bond acceptors (Lipinski definition) is 6. The van der Waals surface area contributed by atoms with E-state index in [1.807, 2.05) is 20.8 Å². The van der Waals surface area contributed by atoms with Crippen molar-refractivity contribution in [1.82, 2.24) is 9.88 Å². The van der Waals surface area contributed by atoms with Gasteiger partial charge in [-0.05, 0) is 83.9 Å². The molecule has 0 bridgehead atoms. The van der Waals surface area contributed by atoms with Crippen LogP contribution in [0.25, 0.3) is 0 Å². The van der Waals surface area contributed by atoms with E-state index < -0.39 is 45.9 Å². The van der Waals surface area contributed by atoms with Gasteiger partial charge in [0.15, 0.2) is 5.11 Å². The lowest BCUT2D eigenvalue weighted by Crippen LogP contribution is -2.55. The van der Waals surface area contributed by atoms with Gasteiger partial charge >= 0.3 is 12.3 Å². The topological polar surface area (TPSA) is 110 Å². The molecule has 212 valence electrons. The van der Waals surface area contributed by atoms with Crippen molar-refractivity contribution >= 4 is 40.7 Å². The number of pyridine rings is 1. The summed E-state index contributed by atoms with van der Waals surface area (Å²) in [6.07, 6.45) is -3.07.